The topological polar surface area (TPSA) is 109 Å². The second-order valence-electron chi connectivity index (χ2n) is 3.63. The van der Waals surface area contributed by atoms with Crippen molar-refractivity contribution in [2.24, 2.45) is 0 Å². The lowest BCUT2D eigenvalue weighted by Gasteiger charge is -2.42. The molecule has 0 amide bonds. The van der Waals surface area contributed by atoms with Gasteiger partial charge in [0, 0.05) is 14.2 Å². The standard InChI is InChI=1S/C9H18O7/c1-14-4(3-10)7-5(11)8(15-2)6(12)9(13)16-7/h4-13H,3H2,1-2H3/t4-,5-,6-,7-,8+,9+/m1/s1. The van der Waals surface area contributed by atoms with E-state index in [0.29, 0.717) is 0 Å². The SMILES string of the molecule is CO[C@@H]1[C@@H](O)[C@@H](O)O[C@H]([C@@H](CO)OC)[C@H]1O. The number of hydrogen-bond donors (Lipinski definition) is 4. The summed E-state index contributed by atoms with van der Waals surface area (Å²) in [5.41, 5.74) is 0. The van der Waals surface area contributed by atoms with Gasteiger partial charge in [-0.3, -0.25) is 0 Å². The van der Waals surface area contributed by atoms with E-state index in [1.807, 2.05) is 0 Å². The minimum atomic E-state index is -1.48. The predicted octanol–water partition coefficient (Wildman–Crippen LogP) is -2.55. The van der Waals surface area contributed by atoms with Gasteiger partial charge in [-0.25, -0.2) is 0 Å². The van der Waals surface area contributed by atoms with E-state index in [1.165, 1.54) is 14.2 Å². The van der Waals surface area contributed by atoms with Gasteiger partial charge in [0.05, 0.1) is 6.61 Å². The molecule has 0 bridgehead atoms. The second kappa shape index (κ2) is 5.87. The van der Waals surface area contributed by atoms with Crippen molar-refractivity contribution < 1.29 is 34.6 Å². The molecule has 0 aromatic heterocycles. The predicted molar refractivity (Wildman–Crippen MR) is 51.6 cm³/mol. The van der Waals surface area contributed by atoms with Crippen molar-refractivity contribution in [3.63, 3.8) is 0 Å². The Kier molecular flexibility index (Phi) is 5.06. The molecule has 0 aromatic rings. The van der Waals surface area contributed by atoms with Crippen LogP contribution in [0, 0.1) is 0 Å². The smallest absolute Gasteiger partial charge is 0.184 e. The summed E-state index contributed by atoms with van der Waals surface area (Å²) >= 11 is 0. The average molecular weight is 238 g/mol. The fraction of sp³-hybridized carbons (Fsp3) is 1.00. The molecule has 0 radical (unpaired) electrons. The first kappa shape index (κ1) is 13.8. The highest BCUT2D eigenvalue weighted by atomic mass is 16.7. The van der Waals surface area contributed by atoms with Crippen LogP contribution in [0.2, 0.25) is 0 Å². The molecule has 7 heteroatoms. The Morgan fingerprint density at radius 1 is 1.19 bits per heavy atom. The molecule has 1 saturated heterocycles. The molecule has 0 aliphatic carbocycles. The highest BCUT2D eigenvalue weighted by Crippen LogP contribution is 2.24. The Morgan fingerprint density at radius 3 is 2.25 bits per heavy atom. The fourth-order valence-corrected chi connectivity index (χ4v) is 1.77. The van der Waals surface area contributed by atoms with Gasteiger partial charge in [0.1, 0.15) is 30.5 Å². The van der Waals surface area contributed by atoms with Crippen molar-refractivity contribution in [3.05, 3.63) is 0 Å². The van der Waals surface area contributed by atoms with Crippen LogP contribution in [0.15, 0.2) is 0 Å². The van der Waals surface area contributed by atoms with E-state index in [2.05, 4.69) is 0 Å². The van der Waals surface area contributed by atoms with E-state index < -0.39 is 36.8 Å². The third-order valence-corrected chi connectivity index (χ3v) is 2.72. The monoisotopic (exact) mass is 238 g/mol. The number of ether oxygens (including phenoxy) is 3. The molecule has 1 aliphatic rings. The van der Waals surface area contributed by atoms with Crippen molar-refractivity contribution in [1.29, 1.82) is 0 Å². The largest absolute Gasteiger partial charge is 0.394 e. The first-order valence-electron chi connectivity index (χ1n) is 4.93. The molecule has 16 heavy (non-hydrogen) atoms. The lowest BCUT2D eigenvalue weighted by molar-refractivity contribution is -0.304. The molecule has 4 N–H and O–H groups in total. The van der Waals surface area contributed by atoms with Gasteiger partial charge >= 0.3 is 0 Å². The Labute approximate surface area is 93.2 Å². The third kappa shape index (κ3) is 2.51. The summed E-state index contributed by atoms with van der Waals surface area (Å²) < 4.78 is 14.8. The van der Waals surface area contributed by atoms with Gasteiger partial charge < -0.3 is 34.6 Å². The Morgan fingerprint density at radius 2 is 1.81 bits per heavy atom. The highest BCUT2D eigenvalue weighted by Gasteiger charge is 2.47. The van der Waals surface area contributed by atoms with Crippen LogP contribution in [0.4, 0.5) is 0 Å². The number of methoxy groups -OCH3 is 2. The quantitative estimate of drug-likeness (QED) is 0.427. The summed E-state index contributed by atoms with van der Waals surface area (Å²) in [7, 11) is 2.64. The lowest BCUT2D eigenvalue weighted by Crippen LogP contribution is -2.61. The number of aliphatic hydroxyl groups is 4. The number of hydrogen-bond acceptors (Lipinski definition) is 7. The molecule has 6 atom stereocenters. The van der Waals surface area contributed by atoms with Gasteiger partial charge in [-0.2, -0.15) is 0 Å². The zero-order valence-electron chi connectivity index (χ0n) is 9.18. The molecule has 0 saturated carbocycles. The number of rotatable bonds is 4. The summed E-state index contributed by atoms with van der Waals surface area (Å²) in [4.78, 5) is 0. The second-order valence-corrected chi connectivity index (χ2v) is 3.63. The van der Waals surface area contributed by atoms with E-state index in [-0.39, 0.29) is 6.61 Å². The van der Waals surface area contributed by atoms with Crippen molar-refractivity contribution >= 4 is 0 Å². The zero-order valence-corrected chi connectivity index (χ0v) is 9.18. The maximum Gasteiger partial charge on any atom is 0.184 e. The van der Waals surface area contributed by atoms with Gasteiger partial charge in [-0.05, 0) is 0 Å². The maximum atomic E-state index is 9.84. The maximum absolute atomic E-state index is 9.84. The van der Waals surface area contributed by atoms with E-state index in [1.54, 1.807) is 0 Å². The van der Waals surface area contributed by atoms with Crippen LogP contribution in [0.3, 0.4) is 0 Å². The van der Waals surface area contributed by atoms with E-state index >= 15 is 0 Å². The Hall–Kier alpha value is -0.280. The normalized spacial score (nSPS) is 42.0. The minimum Gasteiger partial charge on any atom is -0.394 e. The van der Waals surface area contributed by atoms with Crippen molar-refractivity contribution in [1.82, 2.24) is 0 Å². The van der Waals surface area contributed by atoms with Crippen molar-refractivity contribution in [2.75, 3.05) is 20.8 Å². The summed E-state index contributed by atoms with van der Waals surface area (Å²) in [6.45, 7) is -0.378. The first-order valence-corrected chi connectivity index (χ1v) is 4.93. The molecule has 7 nitrogen and oxygen atoms in total. The van der Waals surface area contributed by atoms with Gasteiger partial charge in [0.15, 0.2) is 6.29 Å². The van der Waals surface area contributed by atoms with Gasteiger partial charge in [0.2, 0.25) is 0 Å². The first-order chi connectivity index (χ1) is 7.56. The van der Waals surface area contributed by atoms with Crippen molar-refractivity contribution in [3.8, 4) is 0 Å². The van der Waals surface area contributed by atoms with Crippen LogP contribution in [-0.2, 0) is 14.2 Å². The lowest BCUT2D eigenvalue weighted by atomic mass is 9.95. The Balaban J connectivity index is 2.79. The third-order valence-electron chi connectivity index (χ3n) is 2.72. The fourth-order valence-electron chi connectivity index (χ4n) is 1.77. The minimum absolute atomic E-state index is 0.378. The molecule has 1 fully saturated rings. The molecule has 1 rings (SSSR count). The van der Waals surface area contributed by atoms with Gasteiger partial charge in [-0.1, -0.05) is 0 Å². The molecule has 96 valence electrons. The van der Waals surface area contributed by atoms with Gasteiger partial charge in [-0.15, -0.1) is 0 Å². The van der Waals surface area contributed by atoms with Crippen LogP contribution in [0.1, 0.15) is 0 Å². The van der Waals surface area contributed by atoms with Crippen LogP contribution >= 0.6 is 0 Å². The van der Waals surface area contributed by atoms with E-state index in [0.717, 1.165) is 0 Å². The molecule has 1 heterocycles. The van der Waals surface area contributed by atoms with Crippen LogP contribution in [0.25, 0.3) is 0 Å². The average Bonchev–Trinajstić information content (AvgIpc) is 2.28. The summed E-state index contributed by atoms with van der Waals surface area (Å²) in [5, 5.41) is 37.7. The summed E-state index contributed by atoms with van der Waals surface area (Å²) in [6.07, 6.45) is -6.76. The summed E-state index contributed by atoms with van der Waals surface area (Å²) in [6, 6.07) is 0. The van der Waals surface area contributed by atoms with Crippen molar-refractivity contribution in [2.45, 2.75) is 36.8 Å². The number of aliphatic hydroxyl groups excluding tert-OH is 4. The molecule has 0 unspecified atom stereocenters. The summed E-state index contributed by atoms with van der Waals surface area (Å²) in [5.74, 6) is 0. The van der Waals surface area contributed by atoms with Crippen LogP contribution < -0.4 is 0 Å². The van der Waals surface area contributed by atoms with E-state index in [9.17, 15) is 15.3 Å². The van der Waals surface area contributed by atoms with Crippen LogP contribution in [-0.4, -0.2) is 78.1 Å². The molecule has 0 aromatic carbocycles. The van der Waals surface area contributed by atoms with E-state index in [4.69, 9.17) is 19.3 Å². The van der Waals surface area contributed by atoms with Gasteiger partial charge in [0.25, 0.3) is 0 Å². The Bertz CT molecular complexity index is 208. The zero-order chi connectivity index (χ0) is 12.3. The molecule has 1 aliphatic heterocycles. The molecule has 0 spiro atoms. The van der Waals surface area contributed by atoms with Crippen LogP contribution in [0.5, 0.6) is 0 Å². The highest BCUT2D eigenvalue weighted by molar-refractivity contribution is 4.93. The molecular weight excluding hydrogens is 220 g/mol. The molecular formula is C9H18O7.